The molecule has 5 heteroatoms. The van der Waals surface area contributed by atoms with Gasteiger partial charge in [0.05, 0.1) is 12.2 Å². The summed E-state index contributed by atoms with van der Waals surface area (Å²) in [6, 6.07) is 7.93. The maximum atomic E-state index is 11.9. The number of rotatable bonds is 2. The Morgan fingerprint density at radius 2 is 2.26 bits per heavy atom. The normalized spacial score (nSPS) is 18.0. The standard InChI is InChI=1S/C14H14N2O3/c17-14(13-7-15-9-19-13)16-11-6-5-10-3-1-2-4-12(10)18-8-11/h1-4,7,9,11H,5-6,8H2,(H,16,17). The molecule has 0 fully saturated rings. The van der Waals surface area contributed by atoms with E-state index >= 15 is 0 Å². The lowest BCUT2D eigenvalue weighted by Crippen LogP contribution is -2.38. The van der Waals surface area contributed by atoms with Crippen LogP contribution in [0.5, 0.6) is 5.75 Å². The molecule has 1 aromatic carbocycles. The Morgan fingerprint density at radius 1 is 1.37 bits per heavy atom. The summed E-state index contributed by atoms with van der Waals surface area (Å²) in [6.45, 7) is 0.469. The van der Waals surface area contributed by atoms with Crippen LogP contribution < -0.4 is 10.1 Å². The molecule has 1 aromatic heterocycles. The van der Waals surface area contributed by atoms with Gasteiger partial charge in [0, 0.05) is 0 Å². The van der Waals surface area contributed by atoms with Gasteiger partial charge < -0.3 is 14.5 Å². The molecule has 19 heavy (non-hydrogen) atoms. The average molecular weight is 258 g/mol. The van der Waals surface area contributed by atoms with E-state index in [1.54, 1.807) is 0 Å². The second-order valence-corrected chi connectivity index (χ2v) is 4.49. The first-order valence-electron chi connectivity index (χ1n) is 6.23. The Kier molecular flexibility index (Phi) is 3.18. The molecule has 3 rings (SSSR count). The predicted molar refractivity (Wildman–Crippen MR) is 68.0 cm³/mol. The fourth-order valence-corrected chi connectivity index (χ4v) is 2.15. The first-order chi connectivity index (χ1) is 9.33. The molecule has 2 aromatic rings. The molecular formula is C14H14N2O3. The number of nitrogens with one attached hydrogen (secondary N) is 1. The summed E-state index contributed by atoms with van der Waals surface area (Å²) in [4.78, 5) is 15.6. The van der Waals surface area contributed by atoms with Crippen LogP contribution in [-0.4, -0.2) is 23.5 Å². The molecule has 2 heterocycles. The second-order valence-electron chi connectivity index (χ2n) is 4.49. The molecule has 0 bridgehead atoms. The number of ether oxygens (including phenoxy) is 1. The van der Waals surface area contributed by atoms with E-state index in [-0.39, 0.29) is 17.7 Å². The summed E-state index contributed by atoms with van der Waals surface area (Å²) < 4.78 is 10.7. The smallest absolute Gasteiger partial charge is 0.289 e. The number of amides is 1. The van der Waals surface area contributed by atoms with Gasteiger partial charge in [0.1, 0.15) is 12.4 Å². The highest BCUT2D eigenvalue weighted by Crippen LogP contribution is 2.23. The van der Waals surface area contributed by atoms with Crippen molar-refractivity contribution in [1.82, 2.24) is 10.3 Å². The number of nitrogens with zero attached hydrogens (tertiary/aromatic N) is 1. The van der Waals surface area contributed by atoms with Crippen molar-refractivity contribution < 1.29 is 13.9 Å². The molecular weight excluding hydrogens is 244 g/mol. The quantitative estimate of drug-likeness (QED) is 0.892. The third-order valence-electron chi connectivity index (χ3n) is 3.17. The van der Waals surface area contributed by atoms with Gasteiger partial charge >= 0.3 is 0 Å². The first-order valence-corrected chi connectivity index (χ1v) is 6.23. The molecule has 0 spiro atoms. The first kappa shape index (κ1) is 11.8. The van der Waals surface area contributed by atoms with Gasteiger partial charge in [-0.05, 0) is 24.5 Å². The van der Waals surface area contributed by atoms with Crippen LogP contribution in [-0.2, 0) is 6.42 Å². The fraction of sp³-hybridized carbons (Fsp3) is 0.286. The molecule has 0 radical (unpaired) electrons. The van der Waals surface area contributed by atoms with E-state index in [1.807, 2.05) is 18.2 Å². The number of benzene rings is 1. The molecule has 1 N–H and O–H groups in total. The van der Waals surface area contributed by atoms with Crippen molar-refractivity contribution in [3.63, 3.8) is 0 Å². The van der Waals surface area contributed by atoms with E-state index in [0.717, 1.165) is 18.6 Å². The zero-order valence-corrected chi connectivity index (χ0v) is 10.3. The Bertz CT molecular complexity index is 539. The highest BCUT2D eigenvalue weighted by atomic mass is 16.5. The van der Waals surface area contributed by atoms with E-state index < -0.39 is 0 Å². The lowest BCUT2D eigenvalue weighted by atomic mass is 10.1. The van der Waals surface area contributed by atoms with Gasteiger partial charge in [-0.1, -0.05) is 18.2 Å². The molecule has 0 aliphatic carbocycles. The molecule has 98 valence electrons. The zero-order valence-electron chi connectivity index (χ0n) is 10.3. The van der Waals surface area contributed by atoms with E-state index in [0.29, 0.717) is 6.61 Å². The highest BCUT2D eigenvalue weighted by Gasteiger charge is 2.20. The molecule has 1 atom stereocenters. The van der Waals surface area contributed by atoms with Crippen molar-refractivity contribution in [2.24, 2.45) is 0 Å². The Hall–Kier alpha value is -2.30. The van der Waals surface area contributed by atoms with Crippen molar-refractivity contribution in [1.29, 1.82) is 0 Å². The van der Waals surface area contributed by atoms with E-state index in [9.17, 15) is 4.79 Å². The van der Waals surface area contributed by atoms with Crippen LogP contribution in [0.3, 0.4) is 0 Å². The maximum absolute atomic E-state index is 11.9. The molecule has 1 amide bonds. The lowest BCUT2D eigenvalue weighted by molar-refractivity contribution is 0.0893. The van der Waals surface area contributed by atoms with Crippen molar-refractivity contribution in [3.8, 4) is 5.75 Å². The zero-order chi connectivity index (χ0) is 13.1. The molecule has 1 unspecified atom stereocenters. The van der Waals surface area contributed by atoms with Gasteiger partial charge in [-0.3, -0.25) is 4.79 Å². The van der Waals surface area contributed by atoms with Gasteiger partial charge in [-0.25, -0.2) is 4.98 Å². The Labute approximate surface area is 110 Å². The van der Waals surface area contributed by atoms with E-state index in [4.69, 9.17) is 9.15 Å². The van der Waals surface area contributed by atoms with Crippen molar-refractivity contribution in [3.05, 3.63) is 48.2 Å². The third kappa shape index (κ3) is 2.59. The summed E-state index contributed by atoms with van der Waals surface area (Å²) >= 11 is 0. The molecule has 1 aliphatic heterocycles. The maximum Gasteiger partial charge on any atom is 0.289 e. The third-order valence-corrected chi connectivity index (χ3v) is 3.17. The predicted octanol–water partition coefficient (Wildman–Crippen LogP) is 1.80. The number of para-hydroxylation sites is 1. The summed E-state index contributed by atoms with van der Waals surface area (Å²) in [5.74, 6) is 0.873. The van der Waals surface area contributed by atoms with Crippen molar-refractivity contribution in [2.75, 3.05) is 6.61 Å². The molecule has 5 nitrogen and oxygen atoms in total. The number of hydrogen-bond donors (Lipinski definition) is 1. The molecule has 0 saturated heterocycles. The van der Waals surface area contributed by atoms with Crippen molar-refractivity contribution in [2.45, 2.75) is 18.9 Å². The minimum Gasteiger partial charge on any atom is -0.491 e. The number of oxazole rings is 1. The van der Waals surface area contributed by atoms with Gasteiger partial charge in [-0.2, -0.15) is 0 Å². The number of carbonyl (C=O) groups excluding carboxylic acids is 1. The van der Waals surface area contributed by atoms with Crippen molar-refractivity contribution >= 4 is 5.91 Å². The van der Waals surface area contributed by atoms with Crippen LogP contribution in [0.25, 0.3) is 0 Å². The summed E-state index contributed by atoms with van der Waals surface area (Å²) in [6.07, 6.45) is 4.38. The van der Waals surface area contributed by atoms with E-state index in [2.05, 4.69) is 16.4 Å². The summed E-state index contributed by atoms with van der Waals surface area (Å²) in [5.41, 5.74) is 1.18. The minimum absolute atomic E-state index is 0.0231. The van der Waals surface area contributed by atoms with Gasteiger partial charge in [0.25, 0.3) is 5.91 Å². The average Bonchev–Trinajstić information content (AvgIpc) is 2.90. The Balaban J connectivity index is 1.64. The number of hydrogen-bond acceptors (Lipinski definition) is 4. The number of fused-ring (bicyclic) bond motifs is 1. The Morgan fingerprint density at radius 3 is 3.11 bits per heavy atom. The van der Waals surface area contributed by atoms with Gasteiger partial charge in [0.15, 0.2) is 6.39 Å². The van der Waals surface area contributed by atoms with Crippen LogP contribution in [0.2, 0.25) is 0 Å². The lowest BCUT2D eigenvalue weighted by Gasteiger charge is -2.14. The second kappa shape index (κ2) is 5.14. The number of aryl methyl sites for hydroxylation is 1. The fourth-order valence-electron chi connectivity index (χ4n) is 2.15. The van der Waals surface area contributed by atoms with Crippen LogP contribution in [0.4, 0.5) is 0 Å². The largest absolute Gasteiger partial charge is 0.491 e. The summed E-state index contributed by atoms with van der Waals surface area (Å²) in [5, 5.41) is 2.90. The topological polar surface area (TPSA) is 64.4 Å². The van der Waals surface area contributed by atoms with Gasteiger partial charge in [-0.15, -0.1) is 0 Å². The molecule has 1 aliphatic rings. The highest BCUT2D eigenvalue weighted by molar-refractivity contribution is 5.91. The van der Waals surface area contributed by atoms with Crippen LogP contribution >= 0.6 is 0 Å². The molecule has 0 saturated carbocycles. The minimum atomic E-state index is -0.253. The number of carbonyl (C=O) groups is 1. The van der Waals surface area contributed by atoms with E-state index in [1.165, 1.54) is 18.2 Å². The SMILES string of the molecule is O=C(NC1CCc2ccccc2OC1)c1cnco1. The van der Waals surface area contributed by atoms with Gasteiger partial charge in [0.2, 0.25) is 5.76 Å². The number of aromatic nitrogens is 1. The van der Waals surface area contributed by atoms with Crippen LogP contribution in [0, 0.1) is 0 Å². The summed E-state index contributed by atoms with van der Waals surface area (Å²) in [7, 11) is 0. The monoisotopic (exact) mass is 258 g/mol. The van der Waals surface area contributed by atoms with Crippen LogP contribution in [0.15, 0.2) is 41.3 Å². The van der Waals surface area contributed by atoms with Crippen LogP contribution in [0.1, 0.15) is 22.5 Å².